The number of methoxy groups -OCH3 is 1. The van der Waals surface area contributed by atoms with Crippen molar-refractivity contribution in [3.8, 4) is 11.4 Å². The lowest BCUT2D eigenvalue weighted by Crippen LogP contribution is -2.39. The van der Waals surface area contributed by atoms with Crippen LogP contribution in [0.15, 0.2) is 48.7 Å². The summed E-state index contributed by atoms with van der Waals surface area (Å²) in [6.07, 6.45) is 2.87. The van der Waals surface area contributed by atoms with E-state index in [0.717, 1.165) is 79.4 Å². The summed E-state index contributed by atoms with van der Waals surface area (Å²) in [5, 5.41) is 5.03. The molecule has 0 spiro atoms. The second kappa shape index (κ2) is 11.4. The van der Waals surface area contributed by atoms with Gasteiger partial charge in [-0.15, -0.1) is 0 Å². The molecule has 9 heteroatoms. The van der Waals surface area contributed by atoms with Crippen LogP contribution in [0, 0.1) is 13.8 Å². The Labute approximate surface area is 229 Å². The van der Waals surface area contributed by atoms with Crippen molar-refractivity contribution in [1.29, 1.82) is 0 Å². The quantitative estimate of drug-likeness (QED) is 0.411. The Morgan fingerprint density at radius 3 is 2.68 bits per heavy atom. The van der Waals surface area contributed by atoms with E-state index in [0.29, 0.717) is 5.02 Å². The summed E-state index contributed by atoms with van der Waals surface area (Å²) >= 11 is 12.3. The van der Waals surface area contributed by atoms with Crippen molar-refractivity contribution in [1.82, 2.24) is 24.7 Å². The summed E-state index contributed by atoms with van der Waals surface area (Å²) in [4.78, 5) is 9.51. The molecule has 1 aromatic carbocycles. The molecule has 0 bridgehead atoms. The number of aryl methyl sites for hydroxylation is 1. The third-order valence-electron chi connectivity index (χ3n) is 7.35. The zero-order chi connectivity index (χ0) is 25.9. The highest BCUT2D eigenvalue weighted by Crippen LogP contribution is 2.42. The number of halogens is 1. The molecule has 5 rings (SSSR count). The maximum atomic E-state index is 6.40. The van der Waals surface area contributed by atoms with E-state index >= 15 is 0 Å². The third kappa shape index (κ3) is 5.34. The van der Waals surface area contributed by atoms with Gasteiger partial charge >= 0.3 is 0 Å². The van der Waals surface area contributed by atoms with Gasteiger partial charge in [0, 0.05) is 48.8 Å². The summed E-state index contributed by atoms with van der Waals surface area (Å²) in [6, 6.07) is 14.0. The largest absolute Gasteiger partial charge is 0.495 e. The van der Waals surface area contributed by atoms with Crippen LogP contribution in [0.5, 0.6) is 5.75 Å². The van der Waals surface area contributed by atoms with Crippen molar-refractivity contribution in [2.24, 2.45) is 0 Å². The lowest BCUT2D eigenvalue weighted by atomic mass is 9.96. The lowest BCUT2D eigenvalue weighted by molar-refractivity contribution is 0.0365. The Morgan fingerprint density at radius 2 is 1.95 bits per heavy atom. The van der Waals surface area contributed by atoms with Crippen molar-refractivity contribution >= 4 is 28.9 Å². The minimum absolute atomic E-state index is 0.0113. The van der Waals surface area contributed by atoms with Crippen LogP contribution < -0.4 is 10.1 Å². The number of ether oxygens (including phenoxy) is 2. The van der Waals surface area contributed by atoms with Crippen LogP contribution >= 0.6 is 23.8 Å². The first-order chi connectivity index (χ1) is 18.0. The van der Waals surface area contributed by atoms with Crippen molar-refractivity contribution in [2.75, 3.05) is 46.5 Å². The van der Waals surface area contributed by atoms with E-state index < -0.39 is 0 Å². The third-order valence-corrected chi connectivity index (χ3v) is 7.93. The second-order valence-corrected chi connectivity index (χ2v) is 10.4. The molecular weight excluding hydrogens is 506 g/mol. The zero-order valence-corrected chi connectivity index (χ0v) is 23.2. The van der Waals surface area contributed by atoms with Crippen LogP contribution in [-0.2, 0) is 4.74 Å². The molecule has 2 atom stereocenters. The summed E-state index contributed by atoms with van der Waals surface area (Å²) in [5.41, 5.74) is 5.37. The standard InChI is InChI=1S/C28H34ClN5O2S/c1-19-17-22(20(2)34(19)24-18-21(29)8-9-25(24)35-3)27-26(23-7-4-5-10-30-23)31-28(37)33(27)12-6-11-32-13-15-36-16-14-32/h4-5,7-10,17-18,26-27H,6,11-16H2,1-3H3,(H,31,37)/t26-,27+/m0/s1. The molecule has 2 aromatic heterocycles. The highest BCUT2D eigenvalue weighted by molar-refractivity contribution is 7.80. The van der Waals surface area contributed by atoms with E-state index in [2.05, 4.69) is 45.7 Å². The number of nitrogens with one attached hydrogen (secondary N) is 1. The number of hydrogen-bond acceptors (Lipinski definition) is 5. The first-order valence-electron chi connectivity index (χ1n) is 12.8. The molecule has 0 amide bonds. The number of nitrogens with zero attached hydrogens (tertiary/aromatic N) is 4. The lowest BCUT2D eigenvalue weighted by Gasteiger charge is -2.30. The fourth-order valence-corrected chi connectivity index (χ4v) is 6.07. The van der Waals surface area contributed by atoms with Crippen LogP contribution in [0.2, 0.25) is 5.02 Å². The summed E-state index contributed by atoms with van der Waals surface area (Å²) in [6.45, 7) is 9.78. The molecule has 196 valence electrons. The van der Waals surface area contributed by atoms with Gasteiger partial charge < -0.3 is 24.3 Å². The number of morpholine rings is 1. The predicted octanol–water partition coefficient (Wildman–Crippen LogP) is 4.85. The Hall–Kier alpha value is -2.65. The van der Waals surface area contributed by atoms with Crippen LogP contribution in [0.25, 0.3) is 5.69 Å². The SMILES string of the molecule is COc1ccc(Cl)cc1-n1c(C)cc([C@@H]2[C@H](c3ccccn3)NC(=S)N2CCCN2CCOCC2)c1C. The maximum absolute atomic E-state index is 6.40. The molecule has 3 aromatic rings. The molecular formula is C28H34ClN5O2S. The van der Waals surface area contributed by atoms with Gasteiger partial charge in [0.15, 0.2) is 5.11 Å². The molecule has 4 heterocycles. The molecule has 0 radical (unpaired) electrons. The van der Waals surface area contributed by atoms with Gasteiger partial charge in [-0.05, 0) is 74.4 Å². The number of pyridine rings is 1. The first-order valence-corrected chi connectivity index (χ1v) is 13.6. The van der Waals surface area contributed by atoms with Gasteiger partial charge in [-0.25, -0.2) is 0 Å². The van der Waals surface area contributed by atoms with Gasteiger partial charge in [0.1, 0.15) is 5.75 Å². The van der Waals surface area contributed by atoms with Crippen LogP contribution in [0.4, 0.5) is 0 Å². The monoisotopic (exact) mass is 539 g/mol. The smallest absolute Gasteiger partial charge is 0.170 e. The molecule has 0 aliphatic carbocycles. The molecule has 37 heavy (non-hydrogen) atoms. The zero-order valence-electron chi connectivity index (χ0n) is 21.6. The Morgan fingerprint density at radius 1 is 1.14 bits per heavy atom. The van der Waals surface area contributed by atoms with Gasteiger partial charge in [0.25, 0.3) is 0 Å². The number of rotatable bonds is 8. The molecule has 2 saturated heterocycles. The van der Waals surface area contributed by atoms with Gasteiger partial charge in [-0.1, -0.05) is 17.7 Å². The van der Waals surface area contributed by atoms with Gasteiger partial charge in [-0.3, -0.25) is 9.88 Å². The minimum atomic E-state index is -0.0488. The predicted molar refractivity (Wildman–Crippen MR) is 151 cm³/mol. The first kappa shape index (κ1) is 26.0. The Balaban J connectivity index is 1.51. The van der Waals surface area contributed by atoms with Crippen molar-refractivity contribution in [2.45, 2.75) is 32.4 Å². The molecule has 0 unspecified atom stereocenters. The molecule has 2 aliphatic rings. The highest BCUT2D eigenvalue weighted by Gasteiger charge is 2.41. The van der Waals surface area contributed by atoms with Crippen LogP contribution in [0.1, 0.15) is 41.1 Å². The van der Waals surface area contributed by atoms with Gasteiger partial charge in [0.05, 0.1) is 43.8 Å². The number of hydrogen-bond donors (Lipinski definition) is 1. The van der Waals surface area contributed by atoms with Crippen molar-refractivity contribution in [3.05, 3.63) is 76.3 Å². The fraction of sp³-hybridized carbons (Fsp3) is 0.429. The number of aromatic nitrogens is 2. The number of benzene rings is 1. The number of thiocarbonyl (C=S) groups is 1. The van der Waals surface area contributed by atoms with E-state index in [9.17, 15) is 0 Å². The molecule has 1 N–H and O–H groups in total. The van der Waals surface area contributed by atoms with Gasteiger partial charge in [-0.2, -0.15) is 0 Å². The van der Waals surface area contributed by atoms with E-state index in [1.807, 2.05) is 36.5 Å². The topological polar surface area (TPSA) is 54.8 Å². The Bertz CT molecular complexity index is 1240. The van der Waals surface area contributed by atoms with E-state index in [1.165, 1.54) is 5.56 Å². The average Bonchev–Trinajstić information content (AvgIpc) is 3.39. The summed E-state index contributed by atoms with van der Waals surface area (Å²) < 4.78 is 13.4. The van der Waals surface area contributed by atoms with Crippen molar-refractivity contribution in [3.63, 3.8) is 0 Å². The Kier molecular flexibility index (Phi) is 8.00. The van der Waals surface area contributed by atoms with E-state index in [-0.39, 0.29) is 12.1 Å². The van der Waals surface area contributed by atoms with Crippen LogP contribution in [0.3, 0.4) is 0 Å². The average molecular weight is 540 g/mol. The second-order valence-electron chi connectivity index (χ2n) is 9.61. The summed E-state index contributed by atoms with van der Waals surface area (Å²) in [5.74, 6) is 0.779. The van der Waals surface area contributed by atoms with Gasteiger partial charge in [0.2, 0.25) is 0 Å². The molecule has 7 nitrogen and oxygen atoms in total. The summed E-state index contributed by atoms with van der Waals surface area (Å²) in [7, 11) is 1.69. The molecule has 2 fully saturated rings. The van der Waals surface area contributed by atoms with Crippen molar-refractivity contribution < 1.29 is 9.47 Å². The van der Waals surface area contributed by atoms with E-state index in [4.69, 9.17) is 38.3 Å². The normalized spacial score (nSPS) is 20.3. The van der Waals surface area contributed by atoms with Crippen LogP contribution in [-0.4, -0.2) is 71.0 Å². The van der Waals surface area contributed by atoms with E-state index in [1.54, 1.807) is 7.11 Å². The maximum Gasteiger partial charge on any atom is 0.170 e. The minimum Gasteiger partial charge on any atom is -0.495 e. The molecule has 2 aliphatic heterocycles. The highest BCUT2D eigenvalue weighted by atomic mass is 35.5. The fourth-order valence-electron chi connectivity index (χ4n) is 5.57. The molecule has 0 saturated carbocycles.